The first-order valence-corrected chi connectivity index (χ1v) is 11.5. The Morgan fingerprint density at radius 3 is 2.25 bits per heavy atom. The number of aliphatic hydroxyl groups is 1. The van der Waals surface area contributed by atoms with Crippen LogP contribution in [0, 0.1) is 12.3 Å². The molecule has 0 aromatic heterocycles. The molecular weight excluding hydrogens is 377 g/mol. The Bertz CT molecular complexity index is 878. The van der Waals surface area contributed by atoms with Gasteiger partial charge in [-0.25, -0.2) is 13.1 Å². The maximum absolute atomic E-state index is 12.9. The maximum atomic E-state index is 12.9. The molecule has 3 fully saturated rings. The summed E-state index contributed by atoms with van der Waals surface area (Å²) < 4.78 is 40.7. The van der Waals surface area contributed by atoms with Gasteiger partial charge in [-0.15, -0.1) is 0 Å². The first kappa shape index (κ1) is 20.4. The standard InChI is InChI=1S/C20H30BNO5S/c1-13-7-8-14(11-15(13)21-26-18(2,3)19(4,5)27-21)28(24,25)22-16-12-20(17(16)23)9-6-10-20/h7-8,11,16-17,22-23H,6,9-10,12H2,1-5H3. The van der Waals surface area contributed by atoms with Crippen molar-refractivity contribution in [2.24, 2.45) is 5.41 Å². The molecule has 2 atom stereocenters. The van der Waals surface area contributed by atoms with Gasteiger partial charge in [0, 0.05) is 6.04 Å². The molecular formula is C20H30BNO5S. The molecule has 1 spiro atoms. The van der Waals surface area contributed by atoms with Crippen molar-refractivity contribution >= 4 is 22.6 Å². The number of hydrogen-bond donors (Lipinski definition) is 2. The Kier molecular flexibility index (Phi) is 4.57. The van der Waals surface area contributed by atoms with Gasteiger partial charge in [0.1, 0.15) is 0 Å². The van der Waals surface area contributed by atoms with Crippen LogP contribution in [-0.4, -0.2) is 44.0 Å². The molecule has 2 unspecified atom stereocenters. The first-order chi connectivity index (χ1) is 12.9. The van der Waals surface area contributed by atoms with Crippen LogP contribution in [0.15, 0.2) is 23.1 Å². The van der Waals surface area contributed by atoms with Crippen molar-refractivity contribution in [2.75, 3.05) is 0 Å². The molecule has 6 nitrogen and oxygen atoms in total. The lowest BCUT2D eigenvalue weighted by Crippen LogP contribution is -2.65. The lowest BCUT2D eigenvalue weighted by molar-refractivity contribution is -0.136. The molecule has 2 N–H and O–H groups in total. The predicted molar refractivity (Wildman–Crippen MR) is 108 cm³/mol. The van der Waals surface area contributed by atoms with E-state index in [0.29, 0.717) is 11.9 Å². The Labute approximate surface area is 168 Å². The van der Waals surface area contributed by atoms with Gasteiger partial charge in [-0.05, 0) is 76.9 Å². The van der Waals surface area contributed by atoms with Crippen molar-refractivity contribution in [3.05, 3.63) is 23.8 Å². The number of benzene rings is 1. The average molecular weight is 407 g/mol. The Balaban J connectivity index is 1.55. The fraction of sp³-hybridized carbons (Fsp3) is 0.700. The average Bonchev–Trinajstić information content (AvgIpc) is 2.76. The van der Waals surface area contributed by atoms with Crippen LogP contribution >= 0.6 is 0 Å². The molecule has 2 aliphatic carbocycles. The summed E-state index contributed by atoms with van der Waals surface area (Å²) in [6.07, 6.45) is 3.21. The van der Waals surface area contributed by atoms with E-state index < -0.39 is 40.5 Å². The summed E-state index contributed by atoms with van der Waals surface area (Å²) in [5.74, 6) is 0. The highest BCUT2D eigenvalue weighted by molar-refractivity contribution is 7.89. The van der Waals surface area contributed by atoms with Gasteiger partial charge < -0.3 is 14.4 Å². The smallest absolute Gasteiger partial charge is 0.399 e. The second-order valence-corrected chi connectivity index (χ2v) is 11.4. The monoisotopic (exact) mass is 407 g/mol. The molecule has 2 saturated carbocycles. The van der Waals surface area contributed by atoms with E-state index >= 15 is 0 Å². The van der Waals surface area contributed by atoms with E-state index in [0.717, 1.165) is 24.8 Å². The molecule has 4 rings (SSSR count). The Hall–Kier alpha value is -0.925. The van der Waals surface area contributed by atoms with E-state index in [2.05, 4.69) is 4.72 Å². The maximum Gasteiger partial charge on any atom is 0.495 e. The summed E-state index contributed by atoms with van der Waals surface area (Å²) in [6, 6.07) is 4.59. The van der Waals surface area contributed by atoms with Gasteiger partial charge in [-0.3, -0.25) is 0 Å². The summed E-state index contributed by atoms with van der Waals surface area (Å²) in [5, 5.41) is 10.4. The highest BCUT2D eigenvalue weighted by Crippen LogP contribution is 2.56. The molecule has 0 bridgehead atoms. The predicted octanol–water partition coefficient (Wildman–Crippen LogP) is 1.88. The van der Waals surface area contributed by atoms with Crippen molar-refractivity contribution in [1.82, 2.24) is 4.72 Å². The fourth-order valence-electron chi connectivity index (χ4n) is 4.45. The second kappa shape index (κ2) is 6.28. The molecule has 1 heterocycles. The summed E-state index contributed by atoms with van der Waals surface area (Å²) >= 11 is 0. The minimum absolute atomic E-state index is 0.0473. The molecule has 8 heteroatoms. The van der Waals surface area contributed by atoms with Crippen LogP contribution in [-0.2, 0) is 19.3 Å². The largest absolute Gasteiger partial charge is 0.495 e. The lowest BCUT2D eigenvalue weighted by Gasteiger charge is -2.58. The summed E-state index contributed by atoms with van der Waals surface area (Å²) in [5.41, 5.74) is 0.587. The van der Waals surface area contributed by atoms with Crippen molar-refractivity contribution in [3.8, 4) is 0 Å². The van der Waals surface area contributed by atoms with Crippen LogP contribution in [0.4, 0.5) is 0 Å². The van der Waals surface area contributed by atoms with Crippen molar-refractivity contribution in [3.63, 3.8) is 0 Å². The van der Waals surface area contributed by atoms with Crippen LogP contribution < -0.4 is 10.2 Å². The third-order valence-corrected chi connectivity index (χ3v) is 8.85. The van der Waals surface area contributed by atoms with Crippen molar-refractivity contribution in [1.29, 1.82) is 0 Å². The van der Waals surface area contributed by atoms with Gasteiger partial charge in [0.05, 0.1) is 22.2 Å². The van der Waals surface area contributed by atoms with E-state index in [1.165, 1.54) is 0 Å². The zero-order chi connectivity index (χ0) is 20.5. The zero-order valence-corrected chi connectivity index (χ0v) is 18.1. The minimum Gasteiger partial charge on any atom is -0.399 e. The Morgan fingerprint density at radius 1 is 1.14 bits per heavy atom. The molecule has 154 valence electrons. The normalized spacial score (nSPS) is 30.1. The zero-order valence-electron chi connectivity index (χ0n) is 17.3. The number of aryl methyl sites for hydroxylation is 1. The fourth-order valence-corrected chi connectivity index (χ4v) is 5.73. The van der Waals surface area contributed by atoms with E-state index in [1.54, 1.807) is 18.2 Å². The molecule has 1 aromatic rings. The number of sulfonamides is 1. The van der Waals surface area contributed by atoms with Gasteiger partial charge >= 0.3 is 7.12 Å². The van der Waals surface area contributed by atoms with Crippen molar-refractivity contribution in [2.45, 2.75) is 88.5 Å². The first-order valence-electron chi connectivity index (χ1n) is 10.0. The second-order valence-electron chi connectivity index (χ2n) is 9.70. The number of rotatable bonds is 4. The molecule has 0 amide bonds. The van der Waals surface area contributed by atoms with Crippen LogP contribution in [0.2, 0.25) is 0 Å². The van der Waals surface area contributed by atoms with Gasteiger partial charge in [0.25, 0.3) is 0 Å². The minimum atomic E-state index is -3.74. The van der Waals surface area contributed by atoms with Gasteiger partial charge in [0.2, 0.25) is 10.0 Å². The number of hydrogen-bond acceptors (Lipinski definition) is 5. The highest BCUT2D eigenvalue weighted by Gasteiger charge is 2.57. The molecule has 1 aliphatic heterocycles. The summed E-state index contributed by atoms with van der Waals surface area (Å²) in [4.78, 5) is 0.171. The molecule has 1 aromatic carbocycles. The summed E-state index contributed by atoms with van der Waals surface area (Å²) in [6.45, 7) is 9.80. The van der Waals surface area contributed by atoms with Crippen molar-refractivity contribution < 1.29 is 22.8 Å². The van der Waals surface area contributed by atoms with E-state index in [-0.39, 0.29) is 10.3 Å². The molecule has 0 radical (unpaired) electrons. The van der Waals surface area contributed by atoms with Crippen LogP contribution in [0.25, 0.3) is 0 Å². The van der Waals surface area contributed by atoms with Gasteiger partial charge in [-0.2, -0.15) is 0 Å². The highest BCUT2D eigenvalue weighted by atomic mass is 32.2. The Morgan fingerprint density at radius 2 is 1.75 bits per heavy atom. The van der Waals surface area contributed by atoms with E-state index in [9.17, 15) is 13.5 Å². The lowest BCUT2D eigenvalue weighted by atomic mass is 9.52. The van der Waals surface area contributed by atoms with E-state index in [4.69, 9.17) is 9.31 Å². The molecule has 3 aliphatic rings. The molecule has 1 saturated heterocycles. The molecule has 28 heavy (non-hydrogen) atoms. The number of aliphatic hydroxyl groups excluding tert-OH is 1. The topological polar surface area (TPSA) is 84.9 Å². The van der Waals surface area contributed by atoms with Crippen LogP contribution in [0.3, 0.4) is 0 Å². The van der Waals surface area contributed by atoms with Gasteiger partial charge in [-0.1, -0.05) is 18.1 Å². The number of nitrogens with one attached hydrogen (secondary N) is 1. The van der Waals surface area contributed by atoms with Crippen LogP contribution in [0.5, 0.6) is 0 Å². The van der Waals surface area contributed by atoms with E-state index in [1.807, 2.05) is 34.6 Å². The summed E-state index contributed by atoms with van der Waals surface area (Å²) in [7, 11) is -4.35. The SMILES string of the molecule is Cc1ccc(S(=O)(=O)NC2CC3(CCC3)C2O)cc1B1OC(C)(C)C(C)(C)O1. The third kappa shape index (κ3) is 3.05. The quantitative estimate of drug-likeness (QED) is 0.745. The van der Waals surface area contributed by atoms with Crippen LogP contribution in [0.1, 0.15) is 58.9 Å². The van der Waals surface area contributed by atoms with Gasteiger partial charge in [0.15, 0.2) is 0 Å². The third-order valence-electron chi connectivity index (χ3n) is 7.36.